The highest BCUT2D eigenvalue weighted by molar-refractivity contribution is 7.85. The number of nitrogens with two attached hydrogens (primary N) is 1. The van der Waals surface area contributed by atoms with Gasteiger partial charge in [0.2, 0.25) is 0 Å². The fourth-order valence-electron chi connectivity index (χ4n) is 2.54. The Bertz CT molecular complexity index is 467. The Balaban J connectivity index is 2.22. The highest BCUT2D eigenvalue weighted by Crippen LogP contribution is 2.25. The molecule has 1 aliphatic carbocycles. The molecule has 0 bridgehead atoms. The van der Waals surface area contributed by atoms with Gasteiger partial charge in [0.25, 0.3) is 0 Å². The van der Waals surface area contributed by atoms with Crippen LogP contribution in [-0.4, -0.2) is 15.5 Å². The Morgan fingerprint density at radius 2 is 1.79 bits per heavy atom. The Labute approximate surface area is 114 Å². The van der Waals surface area contributed by atoms with Crippen molar-refractivity contribution in [2.24, 2.45) is 5.73 Å². The summed E-state index contributed by atoms with van der Waals surface area (Å²) in [6.07, 6.45) is 5.70. The molecule has 0 amide bonds. The van der Waals surface area contributed by atoms with Gasteiger partial charge in [-0.05, 0) is 31.0 Å². The lowest BCUT2D eigenvalue weighted by Gasteiger charge is -2.25. The van der Waals surface area contributed by atoms with Crippen molar-refractivity contribution in [3.05, 3.63) is 29.8 Å². The summed E-state index contributed by atoms with van der Waals surface area (Å²) in [4.78, 5) is -0.0546. The van der Waals surface area contributed by atoms with Crippen LogP contribution in [0.15, 0.2) is 23.1 Å². The summed E-state index contributed by atoms with van der Waals surface area (Å²) in [5.74, 6) is -1.18. The van der Waals surface area contributed by atoms with E-state index in [0.717, 1.165) is 50.3 Å². The van der Waals surface area contributed by atoms with Gasteiger partial charge in [-0.1, -0.05) is 25.7 Å². The molecule has 2 rings (SSSR count). The summed E-state index contributed by atoms with van der Waals surface area (Å²) in [6, 6.07) is 2.88. The lowest BCUT2D eigenvalue weighted by Crippen LogP contribution is -2.38. The molecule has 1 fully saturated rings. The van der Waals surface area contributed by atoms with Crippen LogP contribution in [0, 0.1) is 11.6 Å². The molecule has 0 radical (unpaired) electrons. The molecule has 106 valence electrons. The van der Waals surface area contributed by atoms with Crippen molar-refractivity contribution in [1.29, 1.82) is 0 Å². The Hall–Kier alpha value is -0.810. The first-order chi connectivity index (χ1) is 9.09. The lowest BCUT2D eigenvalue weighted by molar-refractivity contribution is 0.455. The second kappa shape index (κ2) is 6.57. The van der Waals surface area contributed by atoms with Gasteiger partial charge in [0.15, 0.2) is 0 Å². The van der Waals surface area contributed by atoms with Gasteiger partial charge in [-0.2, -0.15) is 0 Å². The number of benzene rings is 1. The first kappa shape index (κ1) is 14.6. The fourth-order valence-corrected chi connectivity index (χ4v) is 4.19. The van der Waals surface area contributed by atoms with E-state index < -0.39 is 22.4 Å². The molecule has 0 saturated heterocycles. The van der Waals surface area contributed by atoms with Crippen LogP contribution < -0.4 is 5.73 Å². The van der Waals surface area contributed by atoms with Gasteiger partial charge >= 0.3 is 0 Å². The summed E-state index contributed by atoms with van der Waals surface area (Å²) in [5.41, 5.74) is 6.07. The van der Waals surface area contributed by atoms with E-state index in [1.165, 1.54) is 0 Å². The van der Waals surface area contributed by atoms with Crippen molar-refractivity contribution in [3.8, 4) is 0 Å². The molecule has 2 N–H and O–H groups in total. The fraction of sp³-hybridized carbons (Fsp3) is 0.571. The van der Waals surface area contributed by atoms with E-state index in [9.17, 15) is 13.0 Å². The first-order valence-electron chi connectivity index (χ1n) is 6.71. The zero-order valence-electron chi connectivity index (χ0n) is 10.8. The van der Waals surface area contributed by atoms with Crippen molar-refractivity contribution in [2.75, 3.05) is 0 Å². The molecule has 0 aromatic heterocycles. The maximum atomic E-state index is 13.7. The lowest BCUT2D eigenvalue weighted by atomic mass is 9.97. The van der Waals surface area contributed by atoms with Crippen LogP contribution in [0.2, 0.25) is 0 Å². The SMILES string of the molecule is NC1CCCCCCC1S(=O)c1cc(F)ccc1F. The number of hydrogen-bond acceptors (Lipinski definition) is 2. The molecule has 0 aliphatic heterocycles. The van der Waals surface area contributed by atoms with Crippen molar-refractivity contribution in [3.63, 3.8) is 0 Å². The molecule has 19 heavy (non-hydrogen) atoms. The molecular weight excluding hydrogens is 268 g/mol. The minimum Gasteiger partial charge on any atom is -0.327 e. The highest BCUT2D eigenvalue weighted by atomic mass is 32.2. The molecule has 3 atom stereocenters. The van der Waals surface area contributed by atoms with Crippen LogP contribution in [-0.2, 0) is 10.8 Å². The minimum atomic E-state index is -1.58. The second-order valence-electron chi connectivity index (χ2n) is 5.07. The zero-order chi connectivity index (χ0) is 13.8. The van der Waals surface area contributed by atoms with Gasteiger partial charge in [-0.25, -0.2) is 8.78 Å². The van der Waals surface area contributed by atoms with Gasteiger partial charge in [-0.15, -0.1) is 0 Å². The smallest absolute Gasteiger partial charge is 0.139 e. The molecule has 0 spiro atoms. The average Bonchev–Trinajstić information content (AvgIpc) is 2.36. The average molecular weight is 287 g/mol. The van der Waals surface area contributed by atoms with Gasteiger partial charge < -0.3 is 5.73 Å². The molecule has 3 unspecified atom stereocenters. The summed E-state index contributed by atoms with van der Waals surface area (Å²) in [7, 11) is -1.58. The van der Waals surface area contributed by atoms with Crippen LogP contribution in [0.1, 0.15) is 38.5 Å². The van der Waals surface area contributed by atoms with Crippen LogP contribution in [0.3, 0.4) is 0 Å². The molecule has 1 aromatic carbocycles. The maximum Gasteiger partial charge on any atom is 0.139 e. The monoisotopic (exact) mass is 287 g/mol. The molecule has 1 aromatic rings. The Kier molecular flexibility index (Phi) is 5.05. The minimum absolute atomic E-state index is 0.0546. The van der Waals surface area contributed by atoms with Gasteiger partial charge in [0.05, 0.1) is 20.9 Å². The van der Waals surface area contributed by atoms with E-state index in [4.69, 9.17) is 5.73 Å². The molecule has 2 nitrogen and oxygen atoms in total. The van der Waals surface area contributed by atoms with E-state index in [2.05, 4.69) is 0 Å². The topological polar surface area (TPSA) is 43.1 Å². The summed E-state index contributed by atoms with van der Waals surface area (Å²) in [5, 5.41) is -0.281. The quantitative estimate of drug-likeness (QED) is 0.908. The van der Waals surface area contributed by atoms with E-state index in [1.54, 1.807) is 0 Å². The third kappa shape index (κ3) is 3.60. The van der Waals surface area contributed by atoms with E-state index in [0.29, 0.717) is 6.42 Å². The summed E-state index contributed by atoms with van der Waals surface area (Å²) >= 11 is 0. The summed E-state index contributed by atoms with van der Waals surface area (Å²) < 4.78 is 39.3. The normalized spacial score (nSPS) is 26.5. The standard InChI is InChI=1S/C14H19F2NOS/c15-10-7-8-11(16)14(9-10)19(18)13-6-4-2-1-3-5-12(13)17/h7-9,12-13H,1-6,17H2. The molecule has 1 saturated carbocycles. The third-order valence-electron chi connectivity index (χ3n) is 3.64. The van der Waals surface area contributed by atoms with E-state index >= 15 is 0 Å². The second-order valence-corrected chi connectivity index (χ2v) is 6.71. The molecular formula is C14H19F2NOS. The molecule has 5 heteroatoms. The highest BCUT2D eigenvalue weighted by Gasteiger charge is 2.27. The largest absolute Gasteiger partial charge is 0.327 e. The van der Waals surface area contributed by atoms with Crippen molar-refractivity contribution in [1.82, 2.24) is 0 Å². The maximum absolute atomic E-state index is 13.7. The Morgan fingerprint density at radius 1 is 1.11 bits per heavy atom. The van der Waals surface area contributed by atoms with Crippen LogP contribution in [0.4, 0.5) is 8.78 Å². The predicted octanol–water partition coefficient (Wildman–Crippen LogP) is 3.12. The van der Waals surface area contributed by atoms with Crippen molar-refractivity contribution in [2.45, 2.75) is 54.7 Å². The number of halogens is 2. The Morgan fingerprint density at radius 3 is 2.53 bits per heavy atom. The third-order valence-corrected chi connectivity index (χ3v) is 5.52. The van der Waals surface area contributed by atoms with Gasteiger partial charge in [0.1, 0.15) is 11.6 Å². The molecule has 0 heterocycles. The van der Waals surface area contributed by atoms with E-state index in [-0.39, 0.29) is 16.2 Å². The van der Waals surface area contributed by atoms with E-state index in [1.807, 2.05) is 0 Å². The molecule has 1 aliphatic rings. The van der Waals surface area contributed by atoms with Crippen molar-refractivity contribution >= 4 is 10.8 Å². The zero-order valence-corrected chi connectivity index (χ0v) is 11.6. The van der Waals surface area contributed by atoms with Crippen LogP contribution >= 0.6 is 0 Å². The van der Waals surface area contributed by atoms with Crippen LogP contribution in [0.5, 0.6) is 0 Å². The van der Waals surface area contributed by atoms with Gasteiger partial charge in [-0.3, -0.25) is 4.21 Å². The number of hydrogen-bond donors (Lipinski definition) is 1. The first-order valence-corrected chi connectivity index (χ1v) is 7.92. The van der Waals surface area contributed by atoms with Gasteiger partial charge in [0, 0.05) is 6.04 Å². The number of rotatable bonds is 2. The predicted molar refractivity (Wildman–Crippen MR) is 72.2 cm³/mol. The van der Waals surface area contributed by atoms with Crippen molar-refractivity contribution < 1.29 is 13.0 Å². The summed E-state index contributed by atoms with van der Waals surface area (Å²) in [6.45, 7) is 0. The van der Waals surface area contributed by atoms with Crippen LogP contribution in [0.25, 0.3) is 0 Å².